The standard InChI is InChI=1S/C12H10N4S/c1-8-5-9(7-13-6-8)11-14-12(16-15-11)10-3-2-4-17-10/h2-7H,1H3,(H,14,15,16). The van der Waals surface area contributed by atoms with E-state index in [1.54, 1.807) is 17.5 Å². The second-order valence-electron chi connectivity index (χ2n) is 3.74. The highest BCUT2D eigenvalue weighted by Gasteiger charge is 2.08. The van der Waals surface area contributed by atoms with Crippen LogP contribution in [0.1, 0.15) is 5.56 Å². The van der Waals surface area contributed by atoms with E-state index >= 15 is 0 Å². The van der Waals surface area contributed by atoms with Crippen molar-refractivity contribution in [3.63, 3.8) is 0 Å². The van der Waals surface area contributed by atoms with E-state index in [1.165, 1.54) is 0 Å². The quantitative estimate of drug-likeness (QED) is 0.751. The van der Waals surface area contributed by atoms with Crippen molar-refractivity contribution in [1.82, 2.24) is 20.2 Å². The zero-order valence-corrected chi connectivity index (χ0v) is 10.0. The molecular formula is C12H10N4S. The average Bonchev–Trinajstić information content (AvgIpc) is 3.00. The molecule has 1 N–H and O–H groups in total. The fourth-order valence-electron chi connectivity index (χ4n) is 1.59. The number of hydrogen-bond donors (Lipinski definition) is 1. The number of nitrogens with zero attached hydrogens (tertiary/aromatic N) is 3. The van der Waals surface area contributed by atoms with E-state index in [0.29, 0.717) is 5.82 Å². The first-order valence-electron chi connectivity index (χ1n) is 5.21. The Labute approximate surface area is 102 Å². The van der Waals surface area contributed by atoms with Crippen LogP contribution in [0.5, 0.6) is 0 Å². The van der Waals surface area contributed by atoms with Crippen LogP contribution in [-0.2, 0) is 0 Å². The number of aromatic amines is 1. The summed E-state index contributed by atoms with van der Waals surface area (Å²) in [6, 6.07) is 6.04. The van der Waals surface area contributed by atoms with Crippen LogP contribution in [-0.4, -0.2) is 20.2 Å². The van der Waals surface area contributed by atoms with Gasteiger partial charge < -0.3 is 0 Å². The SMILES string of the molecule is Cc1cncc(-c2n[nH]c(-c3cccs3)n2)c1. The molecule has 0 spiro atoms. The fourth-order valence-corrected chi connectivity index (χ4v) is 2.26. The van der Waals surface area contributed by atoms with Crippen molar-refractivity contribution < 1.29 is 0 Å². The van der Waals surface area contributed by atoms with E-state index in [9.17, 15) is 0 Å². The molecule has 0 bridgehead atoms. The number of rotatable bonds is 2. The highest BCUT2D eigenvalue weighted by molar-refractivity contribution is 7.13. The predicted octanol–water partition coefficient (Wildman–Crippen LogP) is 2.90. The maximum atomic E-state index is 4.47. The minimum Gasteiger partial charge on any atom is -0.264 e. The zero-order chi connectivity index (χ0) is 11.7. The minimum atomic E-state index is 0.685. The van der Waals surface area contributed by atoms with Crippen molar-refractivity contribution in [2.75, 3.05) is 0 Å². The van der Waals surface area contributed by atoms with Gasteiger partial charge in [0.2, 0.25) is 0 Å². The van der Waals surface area contributed by atoms with Crippen LogP contribution in [0.2, 0.25) is 0 Å². The molecule has 0 aromatic carbocycles. The summed E-state index contributed by atoms with van der Waals surface area (Å²) in [5, 5.41) is 9.18. The first-order chi connectivity index (χ1) is 8.33. The monoisotopic (exact) mass is 242 g/mol. The maximum absolute atomic E-state index is 4.47. The molecule has 84 valence electrons. The Balaban J connectivity index is 2.01. The van der Waals surface area contributed by atoms with Crippen molar-refractivity contribution in [3.05, 3.63) is 41.5 Å². The Bertz CT molecular complexity index is 628. The molecule has 3 rings (SSSR count). The second kappa shape index (κ2) is 4.10. The summed E-state index contributed by atoms with van der Waals surface area (Å²) < 4.78 is 0. The summed E-state index contributed by atoms with van der Waals surface area (Å²) >= 11 is 1.64. The van der Waals surface area contributed by atoms with Gasteiger partial charge in [0.1, 0.15) is 0 Å². The third kappa shape index (κ3) is 1.97. The van der Waals surface area contributed by atoms with Gasteiger partial charge in [-0.05, 0) is 30.0 Å². The van der Waals surface area contributed by atoms with Gasteiger partial charge >= 0.3 is 0 Å². The molecule has 0 saturated heterocycles. The Morgan fingerprint density at radius 3 is 3.00 bits per heavy atom. The fraction of sp³-hybridized carbons (Fsp3) is 0.0833. The Kier molecular flexibility index (Phi) is 2.45. The van der Waals surface area contributed by atoms with Crippen LogP contribution in [0.25, 0.3) is 22.1 Å². The van der Waals surface area contributed by atoms with Crippen LogP contribution in [0.3, 0.4) is 0 Å². The molecule has 0 saturated carbocycles. The van der Waals surface area contributed by atoms with Crippen molar-refractivity contribution >= 4 is 11.3 Å². The highest BCUT2D eigenvalue weighted by atomic mass is 32.1. The van der Waals surface area contributed by atoms with Gasteiger partial charge in [-0.1, -0.05) is 6.07 Å². The van der Waals surface area contributed by atoms with Gasteiger partial charge in [-0.3, -0.25) is 10.1 Å². The van der Waals surface area contributed by atoms with Gasteiger partial charge in [0.05, 0.1) is 4.88 Å². The molecule has 0 atom stereocenters. The number of nitrogens with one attached hydrogen (secondary N) is 1. The van der Waals surface area contributed by atoms with E-state index < -0.39 is 0 Å². The van der Waals surface area contributed by atoms with Crippen LogP contribution in [0.4, 0.5) is 0 Å². The first kappa shape index (κ1) is 10.2. The van der Waals surface area contributed by atoms with E-state index in [0.717, 1.165) is 21.8 Å². The van der Waals surface area contributed by atoms with Crippen molar-refractivity contribution in [2.24, 2.45) is 0 Å². The summed E-state index contributed by atoms with van der Waals surface area (Å²) in [4.78, 5) is 9.70. The van der Waals surface area contributed by atoms with Gasteiger partial charge in [-0.25, -0.2) is 4.98 Å². The molecule has 5 heteroatoms. The van der Waals surface area contributed by atoms with E-state index in [-0.39, 0.29) is 0 Å². The lowest BCUT2D eigenvalue weighted by molar-refractivity contribution is 1.10. The third-order valence-corrected chi connectivity index (χ3v) is 3.25. The number of aromatic nitrogens is 4. The molecule has 0 radical (unpaired) electrons. The van der Waals surface area contributed by atoms with Gasteiger partial charge in [0.25, 0.3) is 0 Å². The lowest BCUT2D eigenvalue weighted by Crippen LogP contribution is -1.84. The molecule has 0 aliphatic heterocycles. The summed E-state index contributed by atoms with van der Waals surface area (Å²) in [6.45, 7) is 2.00. The lowest BCUT2D eigenvalue weighted by Gasteiger charge is -1.95. The molecular weight excluding hydrogens is 232 g/mol. The molecule has 0 aliphatic carbocycles. The number of pyridine rings is 1. The van der Waals surface area contributed by atoms with Crippen LogP contribution in [0.15, 0.2) is 36.0 Å². The Morgan fingerprint density at radius 2 is 2.24 bits per heavy atom. The largest absolute Gasteiger partial charge is 0.264 e. The van der Waals surface area contributed by atoms with Crippen LogP contribution in [0, 0.1) is 6.92 Å². The molecule has 4 nitrogen and oxygen atoms in total. The molecule has 3 aromatic heterocycles. The molecule has 0 amide bonds. The summed E-state index contributed by atoms with van der Waals surface area (Å²) in [5.74, 6) is 1.49. The molecule has 17 heavy (non-hydrogen) atoms. The highest BCUT2D eigenvalue weighted by Crippen LogP contribution is 2.23. The number of H-pyrrole nitrogens is 1. The van der Waals surface area contributed by atoms with Crippen LogP contribution < -0.4 is 0 Å². The van der Waals surface area contributed by atoms with E-state index in [4.69, 9.17) is 0 Å². The Morgan fingerprint density at radius 1 is 1.29 bits per heavy atom. The molecule has 0 aliphatic rings. The summed E-state index contributed by atoms with van der Waals surface area (Å²) in [6.07, 6.45) is 3.59. The maximum Gasteiger partial charge on any atom is 0.183 e. The van der Waals surface area contributed by atoms with Gasteiger partial charge in [0.15, 0.2) is 11.6 Å². The van der Waals surface area contributed by atoms with Gasteiger partial charge in [0, 0.05) is 18.0 Å². The first-order valence-corrected chi connectivity index (χ1v) is 6.09. The lowest BCUT2D eigenvalue weighted by atomic mass is 10.2. The Hall–Kier alpha value is -2.01. The predicted molar refractivity (Wildman–Crippen MR) is 67.7 cm³/mol. The average molecular weight is 242 g/mol. The minimum absolute atomic E-state index is 0.685. The molecule has 3 heterocycles. The summed E-state index contributed by atoms with van der Waals surface area (Å²) in [7, 11) is 0. The smallest absolute Gasteiger partial charge is 0.183 e. The van der Waals surface area contributed by atoms with Crippen LogP contribution >= 0.6 is 11.3 Å². The molecule has 0 fully saturated rings. The number of hydrogen-bond acceptors (Lipinski definition) is 4. The van der Waals surface area contributed by atoms with Gasteiger partial charge in [-0.15, -0.1) is 11.3 Å². The normalized spacial score (nSPS) is 10.6. The van der Waals surface area contributed by atoms with Crippen molar-refractivity contribution in [1.29, 1.82) is 0 Å². The molecule has 0 unspecified atom stereocenters. The second-order valence-corrected chi connectivity index (χ2v) is 4.68. The van der Waals surface area contributed by atoms with E-state index in [1.807, 2.05) is 36.7 Å². The van der Waals surface area contributed by atoms with Crippen molar-refractivity contribution in [3.8, 4) is 22.1 Å². The molecule has 3 aromatic rings. The topological polar surface area (TPSA) is 54.5 Å². The summed E-state index contributed by atoms with van der Waals surface area (Å²) in [5.41, 5.74) is 2.04. The third-order valence-electron chi connectivity index (χ3n) is 2.37. The van der Waals surface area contributed by atoms with Gasteiger partial charge in [-0.2, -0.15) is 5.10 Å². The number of aryl methyl sites for hydroxylation is 1. The number of thiophene rings is 1. The van der Waals surface area contributed by atoms with Crippen molar-refractivity contribution in [2.45, 2.75) is 6.92 Å². The van der Waals surface area contributed by atoms with E-state index in [2.05, 4.69) is 20.2 Å². The zero-order valence-electron chi connectivity index (χ0n) is 9.21.